The van der Waals surface area contributed by atoms with Crippen LogP contribution in [0.4, 0.5) is 0 Å². The molecule has 0 aliphatic carbocycles. The first-order valence-electron chi connectivity index (χ1n) is 6.26. The molecule has 1 aliphatic rings. The van der Waals surface area contributed by atoms with E-state index in [0.29, 0.717) is 39.5 Å². The first-order valence-corrected chi connectivity index (χ1v) is 6.26. The van der Waals surface area contributed by atoms with Crippen LogP contribution in [-0.2, 0) is 23.7 Å². The van der Waals surface area contributed by atoms with Gasteiger partial charge in [-0.3, -0.25) is 0 Å². The molecule has 0 radical (unpaired) electrons. The highest BCUT2D eigenvalue weighted by atomic mass is 16.6. The van der Waals surface area contributed by atoms with Crippen LogP contribution in [0.5, 0.6) is 0 Å². The molecule has 1 aliphatic heterocycles. The molecule has 1 N–H and O–H groups in total. The molecule has 1 heterocycles. The maximum Gasteiger partial charge on any atom is 0.332 e. The zero-order valence-electron chi connectivity index (χ0n) is 10.8. The molecular formula is C12H22O6. The molecule has 0 aromatic rings. The Morgan fingerprint density at radius 1 is 1.22 bits per heavy atom. The number of rotatable bonds is 10. The topological polar surface area (TPSA) is 74.2 Å². The van der Waals surface area contributed by atoms with Crippen LogP contribution in [0.2, 0.25) is 0 Å². The lowest BCUT2D eigenvalue weighted by Crippen LogP contribution is -2.23. The fourth-order valence-electron chi connectivity index (χ4n) is 1.73. The summed E-state index contributed by atoms with van der Waals surface area (Å²) < 4.78 is 20.9. The van der Waals surface area contributed by atoms with E-state index < -0.39 is 12.1 Å². The lowest BCUT2D eigenvalue weighted by molar-refractivity contribution is -0.150. The number of methoxy groups -OCH3 is 1. The third kappa shape index (κ3) is 6.30. The Hall–Kier alpha value is -0.690. The van der Waals surface area contributed by atoms with Crippen molar-refractivity contribution >= 4 is 5.97 Å². The van der Waals surface area contributed by atoms with Gasteiger partial charge in [-0.1, -0.05) is 0 Å². The van der Waals surface area contributed by atoms with Crippen molar-refractivity contribution in [2.75, 3.05) is 40.1 Å². The molecule has 2 atom stereocenters. The summed E-state index contributed by atoms with van der Waals surface area (Å²) in [4.78, 5) is 10.7. The van der Waals surface area contributed by atoms with Crippen molar-refractivity contribution in [3.05, 3.63) is 0 Å². The summed E-state index contributed by atoms with van der Waals surface area (Å²) in [5.41, 5.74) is 0. The Bertz CT molecular complexity index is 233. The van der Waals surface area contributed by atoms with E-state index >= 15 is 0 Å². The van der Waals surface area contributed by atoms with Crippen LogP contribution in [0.1, 0.15) is 19.3 Å². The van der Waals surface area contributed by atoms with Crippen molar-refractivity contribution in [3.8, 4) is 0 Å². The van der Waals surface area contributed by atoms with Gasteiger partial charge in [0.15, 0.2) is 6.10 Å². The maximum atomic E-state index is 10.7. The summed E-state index contributed by atoms with van der Waals surface area (Å²) in [7, 11) is 1.64. The van der Waals surface area contributed by atoms with Gasteiger partial charge in [-0.05, 0) is 19.3 Å². The lowest BCUT2D eigenvalue weighted by atomic mass is 10.2. The molecule has 0 aromatic heterocycles. The number of carboxylic acids is 1. The summed E-state index contributed by atoms with van der Waals surface area (Å²) in [5.74, 6) is -0.885. The molecule has 1 fully saturated rings. The number of aliphatic carboxylic acids is 1. The van der Waals surface area contributed by atoms with Gasteiger partial charge in [0.1, 0.15) is 0 Å². The quantitative estimate of drug-likeness (QED) is 0.584. The zero-order chi connectivity index (χ0) is 13.2. The van der Waals surface area contributed by atoms with Gasteiger partial charge in [-0.25, -0.2) is 4.79 Å². The zero-order valence-corrected chi connectivity index (χ0v) is 10.8. The van der Waals surface area contributed by atoms with Gasteiger partial charge in [0.05, 0.1) is 25.9 Å². The van der Waals surface area contributed by atoms with E-state index in [1.807, 2.05) is 0 Å². The lowest BCUT2D eigenvalue weighted by Gasteiger charge is -2.11. The van der Waals surface area contributed by atoms with Crippen LogP contribution in [0, 0.1) is 0 Å². The van der Waals surface area contributed by atoms with Crippen molar-refractivity contribution in [2.45, 2.75) is 31.5 Å². The smallest absolute Gasteiger partial charge is 0.332 e. The Labute approximate surface area is 107 Å². The average Bonchev–Trinajstić information content (AvgIpc) is 2.81. The summed E-state index contributed by atoms with van der Waals surface area (Å²) in [6.45, 7) is 2.91. The van der Waals surface area contributed by atoms with Crippen LogP contribution in [0.25, 0.3) is 0 Å². The second-order valence-corrected chi connectivity index (χ2v) is 4.20. The van der Waals surface area contributed by atoms with Gasteiger partial charge < -0.3 is 24.1 Å². The molecule has 0 bridgehead atoms. The van der Waals surface area contributed by atoms with Gasteiger partial charge >= 0.3 is 5.97 Å². The third-order valence-electron chi connectivity index (χ3n) is 2.70. The highest BCUT2D eigenvalue weighted by molar-refractivity contribution is 5.72. The second-order valence-electron chi connectivity index (χ2n) is 4.20. The molecule has 18 heavy (non-hydrogen) atoms. The minimum Gasteiger partial charge on any atom is -0.479 e. The molecule has 106 valence electrons. The van der Waals surface area contributed by atoms with Crippen LogP contribution < -0.4 is 0 Å². The minimum absolute atomic E-state index is 0.0829. The van der Waals surface area contributed by atoms with Crippen LogP contribution in [0.3, 0.4) is 0 Å². The monoisotopic (exact) mass is 262 g/mol. The minimum atomic E-state index is -0.885. The van der Waals surface area contributed by atoms with E-state index in [0.717, 1.165) is 12.8 Å². The molecule has 0 spiro atoms. The number of hydrogen-bond acceptors (Lipinski definition) is 5. The number of hydrogen-bond donors (Lipinski definition) is 1. The van der Waals surface area contributed by atoms with E-state index in [1.54, 1.807) is 7.11 Å². The molecule has 0 amide bonds. The van der Waals surface area contributed by atoms with Crippen molar-refractivity contribution in [2.24, 2.45) is 0 Å². The Morgan fingerprint density at radius 3 is 2.67 bits per heavy atom. The SMILES string of the molecule is COCCOCCCOCC1CCC(C(=O)O)O1. The summed E-state index contributed by atoms with van der Waals surface area (Å²) >= 11 is 0. The van der Waals surface area contributed by atoms with Crippen molar-refractivity contribution in [1.82, 2.24) is 0 Å². The van der Waals surface area contributed by atoms with E-state index in [4.69, 9.17) is 24.1 Å². The maximum absolute atomic E-state index is 10.7. The normalized spacial score (nSPS) is 23.4. The first kappa shape index (κ1) is 15.4. The van der Waals surface area contributed by atoms with E-state index in [9.17, 15) is 4.79 Å². The molecule has 6 nitrogen and oxygen atoms in total. The van der Waals surface area contributed by atoms with E-state index in [1.165, 1.54) is 0 Å². The second kappa shape index (κ2) is 9.27. The summed E-state index contributed by atoms with van der Waals surface area (Å²) in [6, 6.07) is 0. The molecule has 1 saturated heterocycles. The number of ether oxygens (including phenoxy) is 4. The molecule has 0 saturated carbocycles. The highest BCUT2D eigenvalue weighted by Crippen LogP contribution is 2.19. The van der Waals surface area contributed by atoms with Crippen molar-refractivity contribution in [3.63, 3.8) is 0 Å². The number of carbonyl (C=O) groups is 1. The predicted octanol–water partition coefficient (Wildman–Crippen LogP) is 0.688. The summed E-state index contributed by atoms with van der Waals surface area (Å²) in [5, 5.41) is 8.75. The third-order valence-corrected chi connectivity index (χ3v) is 2.70. The van der Waals surface area contributed by atoms with Crippen molar-refractivity contribution in [1.29, 1.82) is 0 Å². The number of carboxylic acid groups (broad SMARTS) is 1. The van der Waals surface area contributed by atoms with Crippen LogP contribution in [0.15, 0.2) is 0 Å². The van der Waals surface area contributed by atoms with Gasteiger partial charge in [0.2, 0.25) is 0 Å². The first-order chi connectivity index (χ1) is 8.74. The van der Waals surface area contributed by atoms with Crippen LogP contribution in [-0.4, -0.2) is 63.4 Å². The average molecular weight is 262 g/mol. The fourth-order valence-corrected chi connectivity index (χ4v) is 1.73. The van der Waals surface area contributed by atoms with Gasteiger partial charge in [0.25, 0.3) is 0 Å². The molecule has 1 rings (SSSR count). The van der Waals surface area contributed by atoms with Gasteiger partial charge in [-0.2, -0.15) is 0 Å². The van der Waals surface area contributed by atoms with Gasteiger partial charge in [-0.15, -0.1) is 0 Å². The molecule has 6 heteroatoms. The van der Waals surface area contributed by atoms with Crippen molar-refractivity contribution < 1.29 is 28.8 Å². The van der Waals surface area contributed by atoms with E-state index in [2.05, 4.69) is 0 Å². The Balaban J connectivity index is 1.88. The van der Waals surface area contributed by atoms with Crippen LogP contribution >= 0.6 is 0 Å². The molecule has 0 aromatic carbocycles. The predicted molar refractivity (Wildman–Crippen MR) is 63.7 cm³/mol. The van der Waals surface area contributed by atoms with Gasteiger partial charge in [0, 0.05) is 20.3 Å². The highest BCUT2D eigenvalue weighted by Gasteiger charge is 2.30. The Kier molecular flexibility index (Phi) is 7.91. The molecule has 2 unspecified atom stereocenters. The van der Waals surface area contributed by atoms with E-state index in [-0.39, 0.29) is 6.10 Å². The standard InChI is InChI=1S/C12H22O6/c1-15-7-8-16-5-2-6-17-9-10-3-4-11(18-10)12(13)14/h10-11H,2-9H2,1H3,(H,13,14). The largest absolute Gasteiger partial charge is 0.479 e. The Morgan fingerprint density at radius 2 is 2.00 bits per heavy atom. The summed E-state index contributed by atoms with van der Waals surface area (Å²) in [6.07, 6.45) is 1.40. The fraction of sp³-hybridized carbons (Fsp3) is 0.917. The molecular weight excluding hydrogens is 240 g/mol.